The van der Waals surface area contributed by atoms with E-state index in [-0.39, 0.29) is 18.3 Å². The van der Waals surface area contributed by atoms with E-state index in [1.165, 1.54) is 0 Å². The molecule has 6 heteroatoms. The Morgan fingerprint density at radius 1 is 1.17 bits per heavy atom. The Balaban J connectivity index is 1.60. The topological polar surface area (TPSA) is 76.5 Å². The molecule has 2 heterocycles. The Morgan fingerprint density at radius 2 is 1.83 bits per heavy atom. The monoisotopic (exact) mass is 257 g/mol. The van der Waals surface area contributed by atoms with Gasteiger partial charge in [0.15, 0.2) is 0 Å². The van der Waals surface area contributed by atoms with Crippen molar-refractivity contribution in [2.75, 3.05) is 39.6 Å². The fraction of sp³-hybridized carbons (Fsp3) is 0.917. The molecule has 2 aliphatic heterocycles. The summed E-state index contributed by atoms with van der Waals surface area (Å²) >= 11 is 0. The first kappa shape index (κ1) is 13.7. The molecule has 4 atom stereocenters. The molecular formula is C12H19NO5. The van der Waals surface area contributed by atoms with Gasteiger partial charge in [0.25, 0.3) is 0 Å². The number of hydrogen-bond acceptors (Lipinski definition) is 6. The second-order valence-electron chi connectivity index (χ2n) is 4.51. The molecule has 0 bridgehead atoms. The average Bonchev–Trinajstić information content (AvgIpc) is 3.25. The van der Waals surface area contributed by atoms with Crippen LogP contribution in [0.5, 0.6) is 0 Å². The molecule has 2 fully saturated rings. The van der Waals surface area contributed by atoms with Crippen LogP contribution < -0.4 is 0 Å². The van der Waals surface area contributed by atoms with Gasteiger partial charge in [0, 0.05) is 0 Å². The van der Waals surface area contributed by atoms with Crippen molar-refractivity contribution in [3.8, 4) is 6.07 Å². The van der Waals surface area contributed by atoms with Gasteiger partial charge in [0.05, 0.1) is 45.7 Å². The molecule has 102 valence electrons. The maximum Gasteiger partial charge on any atom is 0.141 e. The van der Waals surface area contributed by atoms with Crippen molar-refractivity contribution in [3.05, 3.63) is 0 Å². The number of nitrogens with zero attached hydrogens (tertiary/aromatic N) is 1. The summed E-state index contributed by atoms with van der Waals surface area (Å²) in [5.74, 6) is 0. The zero-order valence-electron chi connectivity index (χ0n) is 10.5. The highest BCUT2D eigenvalue weighted by Crippen LogP contribution is 2.12. The summed E-state index contributed by atoms with van der Waals surface area (Å²) in [6, 6.07) is 2.02. The van der Waals surface area contributed by atoms with Crippen LogP contribution in [0.3, 0.4) is 0 Å². The van der Waals surface area contributed by atoms with Crippen LogP contribution in [-0.4, -0.2) is 64.1 Å². The summed E-state index contributed by atoms with van der Waals surface area (Å²) in [5, 5.41) is 8.65. The van der Waals surface area contributed by atoms with Crippen LogP contribution in [0.4, 0.5) is 0 Å². The second kappa shape index (κ2) is 7.02. The van der Waals surface area contributed by atoms with Crippen LogP contribution in [0.1, 0.15) is 6.92 Å². The van der Waals surface area contributed by atoms with E-state index in [1.54, 1.807) is 6.92 Å². The van der Waals surface area contributed by atoms with E-state index < -0.39 is 6.10 Å². The molecule has 0 amide bonds. The van der Waals surface area contributed by atoms with E-state index in [0.29, 0.717) is 26.4 Å². The third-order valence-corrected chi connectivity index (χ3v) is 2.64. The smallest absolute Gasteiger partial charge is 0.141 e. The second-order valence-corrected chi connectivity index (χ2v) is 4.51. The predicted octanol–water partition coefficient (Wildman–Crippen LogP) is 0.114. The van der Waals surface area contributed by atoms with Crippen LogP contribution in [0.15, 0.2) is 0 Å². The number of nitriles is 1. The van der Waals surface area contributed by atoms with E-state index in [4.69, 9.17) is 28.9 Å². The maximum absolute atomic E-state index is 8.65. The molecule has 2 aliphatic rings. The zero-order valence-corrected chi connectivity index (χ0v) is 10.5. The fourth-order valence-electron chi connectivity index (χ4n) is 1.34. The maximum atomic E-state index is 8.65. The van der Waals surface area contributed by atoms with Crippen molar-refractivity contribution in [1.82, 2.24) is 0 Å². The van der Waals surface area contributed by atoms with Crippen LogP contribution in [-0.2, 0) is 23.7 Å². The third kappa shape index (κ3) is 5.76. The van der Waals surface area contributed by atoms with Gasteiger partial charge >= 0.3 is 0 Å². The lowest BCUT2D eigenvalue weighted by Gasteiger charge is -2.18. The van der Waals surface area contributed by atoms with Crippen molar-refractivity contribution < 1.29 is 23.7 Å². The minimum Gasteiger partial charge on any atom is -0.376 e. The molecule has 0 spiro atoms. The summed E-state index contributed by atoms with van der Waals surface area (Å²) in [4.78, 5) is 0. The normalized spacial score (nSPS) is 28.4. The average molecular weight is 257 g/mol. The molecule has 18 heavy (non-hydrogen) atoms. The van der Waals surface area contributed by atoms with Gasteiger partial charge in [-0.2, -0.15) is 5.26 Å². The van der Waals surface area contributed by atoms with Gasteiger partial charge in [-0.3, -0.25) is 0 Å². The Bertz CT molecular complexity index is 285. The molecule has 0 radical (unpaired) electrons. The molecule has 0 aromatic rings. The highest BCUT2D eigenvalue weighted by atomic mass is 16.6. The summed E-state index contributed by atoms with van der Waals surface area (Å²) in [7, 11) is 0. The van der Waals surface area contributed by atoms with Gasteiger partial charge in [-0.25, -0.2) is 0 Å². The summed E-state index contributed by atoms with van der Waals surface area (Å²) < 4.78 is 26.6. The molecule has 2 rings (SSSR count). The lowest BCUT2D eigenvalue weighted by molar-refractivity contribution is -0.0707. The summed E-state index contributed by atoms with van der Waals surface area (Å²) in [6.07, 6.45) is -0.132. The molecule has 4 unspecified atom stereocenters. The number of rotatable bonds is 10. The lowest BCUT2D eigenvalue weighted by atomic mass is 10.3. The minimum absolute atomic E-state index is 0.163. The molecule has 0 aromatic carbocycles. The van der Waals surface area contributed by atoms with E-state index in [9.17, 15) is 0 Å². The Morgan fingerprint density at radius 3 is 2.44 bits per heavy atom. The number of ether oxygens (including phenoxy) is 5. The fourth-order valence-corrected chi connectivity index (χ4v) is 1.34. The zero-order chi connectivity index (χ0) is 12.8. The van der Waals surface area contributed by atoms with Gasteiger partial charge in [0.2, 0.25) is 0 Å². The lowest BCUT2D eigenvalue weighted by Crippen LogP contribution is -2.29. The highest BCUT2D eigenvalue weighted by Gasteiger charge is 2.26. The molecule has 0 saturated carbocycles. The first-order chi connectivity index (χ1) is 8.78. The van der Waals surface area contributed by atoms with Crippen LogP contribution in [0.25, 0.3) is 0 Å². The van der Waals surface area contributed by atoms with E-state index >= 15 is 0 Å². The Kier molecular flexibility index (Phi) is 5.35. The minimum atomic E-state index is -0.431. The number of hydrogen-bond donors (Lipinski definition) is 0. The standard InChI is InChI=1S/C12H19NO5/c1-9(2-13)15-5-10(17-7-12-8-18-12)3-14-4-11-6-16-11/h9-12H,3-8H2,1H3. The van der Waals surface area contributed by atoms with Crippen LogP contribution >= 0.6 is 0 Å². The largest absolute Gasteiger partial charge is 0.376 e. The van der Waals surface area contributed by atoms with Crippen molar-refractivity contribution >= 4 is 0 Å². The van der Waals surface area contributed by atoms with Crippen molar-refractivity contribution in [1.29, 1.82) is 5.26 Å². The predicted molar refractivity (Wildman–Crippen MR) is 61.1 cm³/mol. The molecule has 2 saturated heterocycles. The SMILES string of the molecule is CC(C#N)OCC(COCC1CO1)OCC1CO1. The van der Waals surface area contributed by atoms with Crippen LogP contribution in [0.2, 0.25) is 0 Å². The Labute approximate surface area is 107 Å². The van der Waals surface area contributed by atoms with Crippen LogP contribution in [0, 0.1) is 11.3 Å². The molecule has 0 aromatic heterocycles. The van der Waals surface area contributed by atoms with Gasteiger partial charge in [0.1, 0.15) is 24.4 Å². The van der Waals surface area contributed by atoms with E-state index in [2.05, 4.69) is 0 Å². The van der Waals surface area contributed by atoms with Gasteiger partial charge < -0.3 is 23.7 Å². The summed E-state index contributed by atoms with van der Waals surface area (Å²) in [6.45, 7) is 5.20. The Hall–Kier alpha value is -0.710. The number of epoxide rings is 2. The van der Waals surface area contributed by atoms with Crippen molar-refractivity contribution in [3.63, 3.8) is 0 Å². The van der Waals surface area contributed by atoms with Gasteiger partial charge in [-0.1, -0.05) is 0 Å². The van der Waals surface area contributed by atoms with Crippen molar-refractivity contribution in [2.24, 2.45) is 0 Å². The van der Waals surface area contributed by atoms with Crippen molar-refractivity contribution in [2.45, 2.75) is 31.3 Å². The van der Waals surface area contributed by atoms with E-state index in [0.717, 1.165) is 13.2 Å². The highest BCUT2D eigenvalue weighted by molar-refractivity contribution is 4.79. The van der Waals surface area contributed by atoms with E-state index in [1.807, 2.05) is 6.07 Å². The van der Waals surface area contributed by atoms with Gasteiger partial charge in [-0.15, -0.1) is 0 Å². The van der Waals surface area contributed by atoms with Gasteiger partial charge in [-0.05, 0) is 6.92 Å². The first-order valence-corrected chi connectivity index (χ1v) is 6.21. The molecule has 0 N–H and O–H groups in total. The third-order valence-electron chi connectivity index (χ3n) is 2.64. The first-order valence-electron chi connectivity index (χ1n) is 6.21. The molecular weight excluding hydrogens is 238 g/mol. The quantitative estimate of drug-likeness (QED) is 0.517. The molecule has 0 aliphatic carbocycles. The molecule has 6 nitrogen and oxygen atoms in total. The summed E-state index contributed by atoms with van der Waals surface area (Å²) in [5.41, 5.74) is 0.